The quantitative estimate of drug-likeness (QED) is 0.733. The van der Waals surface area contributed by atoms with Crippen molar-refractivity contribution in [1.29, 1.82) is 0 Å². The average molecular weight is 342 g/mol. The summed E-state index contributed by atoms with van der Waals surface area (Å²) in [6.07, 6.45) is 0. The van der Waals surface area contributed by atoms with Crippen molar-refractivity contribution >= 4 is 28.5 Å². The summed E-state index contributed by atoms with van der Waals surface area (Å²) in [5.74, 6) is -0.196. The lowest BCUT2D eigenvalue weighted by Crippen LogP contribution is -2.23. The third-order valence-electron chi connectivity index (χ3n) is 3.83. The molecule has 1 aromatic heterocycles. The minimum Gasteiger partial charge on any atom is -0.423 e. The summed E-state index contributed by atoms with van der Waals surface area (Å²) < 4.78 is 5.22. The molecule has 24 heavy (non-hydrogen) atoms. The molecule has 0 fully saturated rings. The molecule has 0 aliphatic carbocycles. The summed E-state index contributed by atoms with van der Waals surface area (Å²) in [5.41, 5.74) is 3.09. The molecule has 5 heteroatoms. The van der Waals surface area contributed by atoms with E-state index in [2.05, 4.69) is 5.32 Å². The van der Waals surface area contributed by atoms with Gasteiger partial charge in [0.05, 0.1) is 0 Å². The molecular formula is C19H16ClNO3. The van der Waals surface area contributed by atoms with Crippen LogP contribution in [-0.2, 0) is 6.54 Å². The molecule has 3 rings (SSSR count). The largest absolute Gasteiger partial charge is 0.423 e. The second kappa shape index (κ2) is 6.49. The number of carbonyl (C=O) groups is 1. The highest BCUT2D eigenvalue weighted by Crippen LogP contribution is 2.25. The van der Waals surface area contributed by atoms with Gasteiger partial charge in [-0.25, -0.2) is 4.79 Å². The van der Waals surface area contributed by atoms with E-state index >= 15 is 0 Å². The molecule has 0 bridgehead atoms. The third-order valence-corrected chi connectivity index (χ3v) is 4.24. The number of hydrogen-bond donors (Lipinski definition) is 1. The van der Waals surface area contributed by atoms with Gasteiger partial charge in [0, 0.05) is 28.6 Å². The number of benzene rings is 2. The van der Waals surface area contributed by atoms with E-state index in [1.54, 1.807) is 18.2 Å². The van der Waals surface area contributed by atoms with Crippen LogP contribution >= 0.6 is 11.6 Å². The van der Waals surface area contributed by atoms with Crippen LogP contribution in [0, 0.1) is 13.8 Å². The lowest BCUT2D eigenvalue weighted by molar-refractivity contribution is 0.0951. The minimum absolute atomic E-state index is 0.196. The van der Waals surface area contributed by atoms with Crippen LogP contribution in [0.1, 0.15) is 27.0 Å². The molecule has 0 unspecified atom stereocenters. The first-order valence-electron chi connectivity index (χ1n) is 7.52. The summed E-state index contributed by atoms with van der Waals surface area (Å²) >= 11 is 6.17. The number of hydrogen-bond acceptors (Lipinski definition) is 3. The number of carbonyl (C=O) groups excluding carboxylic acids is 1. The van der Waals surface area contributed by atoms with Gasteiger partial charge in [-0.1, -0.05) is 29.3 Å². The molecule has 1 amide bonds. The summed E-state index contributed by atoms with van der Waals surface area (Å²) in [7, 11) is 0. The van der Waals surface area contributed by atoms with Crippen LogP contribution in [0.25, 0.3) is 11.0 Å². The van der Waals surface area contributed by atoms with E-state index in [0.717, 1.165) is 16.5 Å². The molecule has 1 heterocycles. The zero-order chi connectivity index (χ0) is 17.3. The predicted molar refractivity (Wildman–Crippen MR) is 94.6 cm³/mol. The lowest BCUT2D eigenvalue weighted by Gasteiger charge is -2.09. The fraction of sp³-hybridized carbons (Fsp3) is 0.158. The van der Waals surface area contributed by atoms with Gasteiger partial charge < -0.3 is 9.73 Å². The van der Waals surface area contributed by atoms with Crippen molar-refractivity contribution in [2.45, 2.75) is 20.4 Å². The number of fused-ring (bicyclic) bond motifs is 1. The van der Waals surface area contributed by atoms with Crippen molar-refractivity contribution in [2.75, 3.05) is 0 Å². The Bertz CT molecular complexity index is 992. The zero-order valence-corrected chi connectivity index (χ0v) is 14.1. The SMILES string of the molecule is Cc1cccc(C(=O)NCc2cc(=O)oc3cc(C)c(Cl)cc23)c1. The Morgan fingerprint density at radius 2 is 1.96 bits per heavy atom. The smallest absolute Gasteiger partial charge is 0.336 e. The van der Waals surface area contributed by atoms with Gasteiger partial charge in [-0.2, -0.15) is 0 Å². The Labute approximate surface area is 144 Å². The summed E-state index contributed by atoms with van der Waals surface area (Å²) in [4.78, 5) is 24.0. The second-order valence-electron chi connectivity index (χ2n) is 5.74. The molecule has 0 saturated carbocycles. The van der Waals surface area contributed by atoms with E-state index in [-0.39, 0.29) is 12.5 Å². The van der Waals surface area contributed by atoms with Crippen LogP contribution in [0.3, 0.4) is 0 Å². The molecule has 0 atom stereocenters. The molecule has 0 aliphatic heterocycles. The first kappa shape index (κ1) is 16.3. The molecule has 122 valence electrons. The first-order valence-corrected chi connectivity index (χ1v) is 7.89. The number of rotatable bonds is 3. The van der Waals surface area contributed by atoms with Crippen molar-refractivity contribution in [1.82, 2.24) is 5.32 Å². The van der Waals surface area contributed by atoms with Gasteiger partial charge in [-0.3, -0.25) is 4.79 Å². The zero-order valence-electron chi connectivity index (χ0n) is 13.4. The predicted octanol–water partition coefficient (Wildman–Crippen LogP) is 3.99. The number of amides is 1. The molecule has 2 aromatic carbocycles. The normalized spacial score (nSPS) is 10.8. The highest BCUT2D eigenvalue weighted by Gasteiger charge is 2.11. The minimum atomic E-state index is -0.455. The molecule has 0 spiro atoms. The van der Waals surface area contributed by atoms with Crippen LogP contribution < -0.4 is 10.9 Å². The van der Waals surface area contributed by atoms with Crippen LogP contribution in [0.2, 0.25) is 5.02 Å². The van der Waals surface area contributed by atoms with Crippen molar-refractivity contribution in [3.63, 3.8) is 0 Å². The van der Waals surface area contributed by atoms with Gasteiger partial charge in [0.1, 0.15) is 5.58 Å². The van der Waals surface area contributed by atoms with Gasteiger partial charge in [-0.15, -0.1) is 0 Å². The Hall–Kier alpha value is -2.59. The highest BCUT2D eigenvalue weighted by molar-refractivity contribution is 6.32. The fourth-order valence-electron chi connectivity index (χ4n) is 2.56. The maximum absolute atomic E-state index is 12.3. The van der Waals surface area contributed by atoms with Gasteiger partial charge >= 0.3 is 5.63 Å². The van der Waals surface area contributed by atoms with Gasteiger partial charge in [0.25, 0.3) is 5.91 Å². The van der Waals surface area contributed by atoms with Crippen molar-refractivity contribution in [3.05, 3.63) is 80.2 Å². The van der Waals surface area contributed by atoms with E-state index in [1.807, 2.05) is 32.0 Å². The molecule has 0 saturated heterocycles. The molecular weight excluding hydrogens is 326 g/mol. The van der Waals surface area contributed by atoms with Crippen LogP contribution in [0.5, 0.6) is 0 Å². The Balaban J connectivity index is 1.91. The molecule has 0 radical (unpaired) electrons. The number of aryl methyl sites for hydroxylation is 2. The molecule has 4 nitrogen and oxygen atoms in total. The third kappa shape index (κ3) is 3.34. The van der Waals surface area contributed by atoms with Gasteiger partial charge in [-0.05, 0) is 49.2 Å². The number of halogens is 1. The summed E-state index contributed by atoms with van der Waals surface area (Å²) in [6.45, 7) is 3.99. The summed E-state index contributed by atoms with van der Waals surface area (Å²) in [6, 6.07) is 12.2. The molecule has 1 N–H and O–H groups in total. The monoisotopic (exact) mass is 341 g/mol. The van der Waals surface area contributed by atoms with E-state index in [9.17, 15) is 9.59 Å². The lowest BCUT2D eigenvalue weighted by atomic mass is 10.1. The van der Waals surface area contributed by atoms with Crippen LogP contribution in [0.15, 0.2) is 51.7 Å². The van der Waals surface area contributed by atoms with Crippen molar-refractivity contribution in [3.8, 4) is 0 Å². The Kier molecular flexibility index (Phi) is 4.40. The maximum Gasteiger partial charge on any atom is 0.336 e. The van der Waals surface area contributed by atoms with E-state index in [0.29, 0.717) is 21.7 Å². The maximum atomic E-state index is 12.3. The van der Waals surface area contributed by atoms with Crippen LogP contribution in [0.4, 0.5) is 0 Å². The number of nitrogens with one attached hydrogen (secondary N) is 1. The Morgan fingerprint density at radius 3 is 2.71 bits per heavy atom. The van der Waals surface area contributed by atoms with Crippen molar-refractivity contribution < 1.29 is 9.21 Å². The Morgan fingerprint density at radius 1 is 1.17 bits per heavy atom. The van der Waals surface area contributed by atoms with E-state index in [1.165, 1.54) is 6.07 Å². The van der Waals surface area contributed by atoms with Crippen molar-refractivity contribution in [2.24, 2.45) is 0 Å². The molecule has 0 aliphatic rings. The highest BCUT2D eigenvalue weighted by atomic mass is 35.5. The van der Waals surface area contributed by atoms with Crippen LogP contribution in [-0.4, -0.2) is 5.91 Å². The fourth-order valence-corrected chi connectivity index (χ4v) is 2.72. The average Bonchev–Trinajstić information content (AvgIpc) is 2.54. The second-order valence-corrected chi connectivity index (χ2v) is 6.15. The first-order chi connectivity index (χ1) is 11.4. The van der Waals surface area contributed by atoms with E-state index in [4.69, 9.17) is 16.0 Å². The standard InChI is InChI=1S/C19H16ClNO3/c1-11-4-3-5-13(6-11)19(23)21-10-14-8-18(22)24-17-7-12(2)16(20)9-15(14)17/h3-9H,10H2,1-2H3,(H,21,23). The summed E-state index contributed by atoms with van der Waals surface area (Å²) in [5, 5.41) is 4.14. The molecule has 3 aromatic rings. The topological polar surface area (TPSA) is 59.3 Å². The van der Waals surface area contributed by atoms with Gasteiger partial charge in [0.2, 0.25) is 0 Å². The van der Waals surface area contributed by atoms with E-state index < -0.39 is 5.63 Å². The van der Waals surface area contributed by atoms with Gasteiger partial charge in [0.15, 0.2) is 0 Å².